The van der Waals surface area contributed by atoms with Crippen LogP contribution in [0.2, 0.25) is 0 Å². The standard InChI is InChI=1S/C24H25FN2O4S/c1-5-30-23(29)24(3,4)31-19-12-6-16(7-13-19)14-26-21(28)20-15(2)27-22(32-20)17-8-10-18(25)11-9-17/h6-13H,5,14H2,1-4H3,(H,26,28). The van der Waals surface area contributed by atoms with Crippen molar-refractivity contribution in [3.63, 3.8) is 0 Å². The second kappa shape index (κ2) is 9.91. The van der Waals surface area contributed by atoms with E-state index >= 15 is 0 Å². The molecule has 0 radical (unpaired) electrons. The number of ether oxygens (including phenoxy) is 2. The average molecular weight is 457 g/mol. The van der Waals surface area contributed by atoms with Crippen molar-refractivity contribution in [3.8, 4) is 16.3 Å². The minimum absolute atomic E-state index is 0.225. The first-order valence-electron chi connectivity index (χ1n) is 10.2. The third kappa shape index (κ3) is 5.70. The van der Waals surface area contributed by atoms with E-state index in [1.54, 1.807) is 52.0 Å². The summed E-state index contributed by atoms with van der Waals surface area (Å²) in [6.45, 7) is 7.43. The van der Waals surface area contributed by atoms with Crippen LogP contribution in [0.1, 0.15) is 41.7 Å². The van der Waals surface area contributed by atoms with Gasteiger partial charge in [-0.25, -0.2) is 14.2 Å². The largest absolute Gasteiger partial charge is 0.476 e. The molecule has 1 heterocycles. The quantitative estimate of drug-likeness (QED) is 0.488. The number of hydrogen-bond acceptors (Lipinski definition) is 6. The average Bonchev–Trinajstić information content (AvgIpc) is 3.15. The second-order valence-electron chi connectivity index (χ2n) is 7.60. The van der Waals surface area contributed by atoms with Crippen LogP contribution in [0.5, 0.6) is 5.75 Å². The minimum Gasteiger partial charge on any atom is -0.476 e. The molecule has 168 valence electrons. The van der Waals surface area contributed by atoms with Crippen LogP contribution in [-0.4, -0.2) is 29.1 Å². The number of carbonyl (C=O) groups is 2. The molecular weight excluding hydrogens is 431 g/mol. The molecule has 0 saturated heterocycles. The highest BCUT2D eigenvalue weighted by molar-refractivity contribution is 7.17. The summed E-state index contributed by atoms with van der Waals surface area (Å²) < 4.78 is 23.9. The first-order chi connectivity index (χ1) is 15.2. The lowest BCUT2D eigenvalue weighted by atomic mass is 10.1. The number of hydrogen-bond donors (Lipinski definition) is 1. The zero-order valence-corrected chi connectivity index (χ0v) is 19.2. The number of nitrogens with one attached hydrogen (secondary N) is 1. The van der Waals surface area contributed by atoms with Crippen LogP contribution in [0.4, 0.5) is 4.39 Å². The fourth-order valence-electron chi connectivity index (χ4n) is 2.90. The second-order valence-corrected chi connectivity index (χ2v) is 8.60. The fourth-order valence-corrected chi connectivity index (χ4v) is 3.89. The van der Waals surface area contributed by atoms with Gasteiger partial charge in [0.25, 0.3) is 5.91 Å². The maximum Gasteiger partial charge on any atom is 0.349 e. The molecule has 2 aromatic carbocycles. The van der Waals surface area contributed by atoms with E-state index in [0.717, 1.165) is 11.1 Å². The first-order valence-corrected chi connectivity index (χ1v) is 11.0. The van der Waals surface area contributed by atoms with Gasteiger partial charge < -0.3 is 14.8 Å². The van der Waals surface area contributed by atoms with Gasteiger partial charge in [-0.3, -0.25) is 4.79 Å². The maximum absolute atomic E-state index is 13.1. The van der Waals surface area contributed by atoms with E-state index in [2.05, 4.69) is 10.3 Å². The number of aryl methyl sites for hydroxylation is 1. The molecule has 0 unspecified atom stereocenters. The van der Waals surface area contributed by atoms with Crippen LogP contribution in [0.25, 0.3) is 10.6 Å². The third-order valence-electron chi connectivity index (χ3n) is 4.61. The summed E-state index contributed by atoms with van der Waals surface area (Å²) in [5, 5.41) is 3.55. The number of halogens is 1. The summed E-state index contributed by atoms with van der Waals surface area (Å²) in [6.07, 6.45) is 0. The van der Waals surface area contributed by atoms with E-state index < -0.39 is 11.6 Å². The topological polar surface area (TPSA) is 77.5 Å². The summed E-state index contributed by atoms with van der Waals surface area (Å²) in [5.74, 6) is -0.449. The molecule has 0 saturated carbocycles. The van der Waals surface area contributed by atoms with Crippen molar-refractivity contribution < 1.29 is 23.5 Å². The number of aromatic nitrogens is 1. The molecule has 0 aliphatic heterocycles. The van der Waals surface area contributed by atoms with E-state index in [9.17, 15) is 14.0 Å². The molecule has 32 heavy (non-hydrogen) atoms. The lowest BCUT2D eigenvalue weighted by molar-refractivity contribution is -0.158. The van der Waals surface area contributed by atoms with Crippen molar-refractivity contribution in [2.45, 2.75) is 39.8 Å². The molecule has 3 rings (SSSR count). The van der Waals surface area contributed by atoms with Crippen molar-refractivity contribution in [1.29, 1.82) is 0 Å². The summed E-state index contributed by atoms with van der Waals surface area (Å²) in [6, 6.07) is 13.1. The van der Waals surface area contributed by atoms with Crippen molar-refractivity contribution in [2.24, 2.45) is 0 Å². The van der Waals surface area contributed by atoms with Crippen LogP contribution >= 0.6 is 11.3 Å². The summed E-state index contributed by atoms with van der Waals surface area (Å²) in [7, 11) is 0. The number of carbonyl (C=O) groups excluding carboxylic acids is 2. The summed E-state index contributed by atoms with van der Waals surface area (Å²) in [4.78, 5) is 29.6. The number of benzene rings is 2. The van der Waals surface area contributed by atoms with Gasteiger partial charge in [-0.05, 0) is 69.7 Å². The lowest BCUT2D eigenvalue weighted by Gasteiger charge is -2.24. The molecule has 8 heteroatoms. The third-order valence-corrected chi connectivity index (χ3v) is 5.82. The highest BCUT2D eigenvalue weighted by atomic mass is 32.1. The Kier molecular flexibility index (Phi) is 7.25. The van der Waals surface area contributed by atoms with Gasteiger partial charge in [0, 0.05) is 12.1 Å². The number of thiazole rings is 1. The van der Waals surface area contributed by atoms with Gasteiger partial charge in [-0.15, -0.1) is 11.3 Å². The van der Waals surface area contributed by atoms with Crippen LogP contribution in [0.15, 0.2) is 48.5 Å². The van der Waals surface area contributed by atoms with Gasteiger partial charge in [0.05, 0.1) is 12.3 Å². The van der Waals surface area contributed by atoms with Gasteiger partial charge in [-0.2, -0.15) is 0 Å². The van der Waals surface area contributed by atoms with E-state index in [0.29, 0.717) is 27.9 Å². The van der Waals surface area contributed by atoms with Gasteiger partial charge in [0.1, 0.15) is 21.5 Å². The Bertz CT molecular complexity index is 1090. The van der Waals surface area contributed by atoms with Crippen LogP contribution < -0.4 is 10.1 Å². The monoisotopic (exact) mass is 456 g/mol. The van der Waals surface area contributed by atoms with Crippen LogP contribution in [0, 0.1) is 12.7 Å². The summed E-state index contributed by atoms with van der Waals surface area (Å²) in [5.41, 5.74) is 1.16. The van der Waals surface area contributed by atoms with Gasteiger partial charge in [0.2, 0.25) is 0 Å². The maximum atomic E-state index is 13.1. The molecule has 0 aliphatic carbocycles. The van der Waals surface area contributed by atoms with Gasteiger partial charge >= 0.3 is 5.97 Å². The number of amides is 1. The molecule has 1 aromatic heterocycles. The Hall–Kier alpha value is -3.26. The zero-order chi connectivity index (χ0) is 23.3. The van der Waals surface area contributed by atoms with Crippen molar-refractivity contribution >= 4 is 23.2 Å². The number of rotatable bonds is 8. The highest BCUT2D eigenvalue weighted by Crippen LogP contribution is 2.28. The Morgan fingerprint density at radius 1 is 1.09 bits per heavy atom. The summed E-state index contributed by atoms with van der Waals surface area (Å²) >= 11 is 1.27. The Morgan fingerprint density at radius 3 is 2.38 bits per heavy atom. The van der Waals surface area contributed by atoms with Crippen LogP contribution in [-0.2, 0) is 16.1 Å². The molecule has 0 aliphatic rings. The van der Waals surface area contributed by atoms with E-state index in [4.69, 9.17) is 9.47 Å². The lowest BCUT2D eigenvalue weighted by Crippen LogP contribution is -2.39. The predicted molar refractivity (Wildman–Crippen MR) is 121 cm³/mol. The normalized spacial score (nSPS) is 11.2. The molecule has 1 N–H and O–H groups in total. The molecular formula is C24H25FN2O4S. The van der Waals surface area contributed by atoms with E-state index in [1.165, 1.54) is 23.5 Å². The Labute approximate surface area is 190 Å². The Morgan fingerprint density at radius 2 is 1.75 bits per heavy atom. The molecule has 1 amide bonds. The van der Waals surface area contributed by atoms with Gasteiger partial charge in [-0.1, -0.05) is 12.1 Å². The first kappa shape index (κ1) is 23.4. The Balaban J connectivity index is 1.60. The molecule has 0 spiro atoms. The number of nitrogens with zero attached hydrogens (tertiary/aromatic N) is 1. The smallest absolute Gasteiger partial charge is 0.349 e. The van der Waals surface area contributed by atoms with E-state index in [1.807, 2.05) is 12.1 Å². The molecule has 0 atom stereocenters. The van der Waals surface area contributed by atoms with E-state index in [-0.39, 0.29) is 18.3 Å². The molecule has 0 fully saturated rings. The fraction of sp³-hybridized carbons (Fsp3) is 0.292. The SMILES string of the molecule is CCOC(=O)C(C)(C)Oc1ccc(CNC(=O)c2sc(-c3ccc(F)cc3)nc2C)cc1. The zero-order valence-electron chi connectivity index (χ0n) is 18.4. The number of esters is 1. The molecule has 0 bridgehead atoms. The predicted octanol–water partition coefficient (Wildman–Crippen LogP) is 4.91. The molecule has 3 aromatic rings. The van der Waals surface area contributed by atoms with Crippen molar-refractivity contribution in [3.05, 3.63) is 70.5 Å². The highest BCUT2D eigenvalue weighted by Gasteiger charge is 2.31. The van der Waals surface area contributed by atoms with Gasteiger partial charge in [0.15, 0.2) is 5.60 Å². The van der Waals surface area contributed by atoms with Crippen molar-refractivity contribution in [2.75, 3.05) is 6.61 Å². The minimum atomic E-state index is -1.10. The van der Waals surface area contributed by atoms with Crippen LogP contribution in [0.3, 0.4) is 0 Å². The molecule has 6 nitrogen and oxygen atoms in total. The van der Waals surface area contributed by atoms with Crippen molar-refractivity contribution in [1.82, 2.24) is 10.3 Å².